The first kappa shape index (κ1) is 23.1. The highest BCUT2D eigenvalue weighted by Gasteiger charge is 2.47. The molecule has 3 aliphatic heterocycles. The lowest BCUT2D eigenvalue weighted by Crippen LogP contribution is -2.37. The molecule has 3 saturated heterocycles. The van der Waals surface area contributed by atoms with Gasteiger partial charge in [0, 0.05) is 17.4 Å². The normalized spacial score (nSPS) is 32.5. The molecule has 0 spiro atoms. The third kappa shape index (κ3) is 4.26. The highest BCUT2D eigenvalue weighted by atomic mass is 32.2. The summed E-state index contributed by atoms with van der Waals surface area (Å²) >= 11 is 1.83. The van der Waals surface area contributed by atoms with Gasteiger partial charge in [0.2, 0.25) is 0 Å². The summed E-state index contributed by atoms with van der Waals surface area (Å²) in [5.41, 5.74) is 6.57. The summed E-state index contributed by atoms with van der Waals surface area (Å²) in [6, 6.07) is 0.193. The zero-order chi connectivity index (χ0) is 23.8. The number of fused-ring (bicyclic) bond motifs is 2. The van der Waals surface area contributed by atoms with E-state index >= 15 is 0 Å². The average molecular weight is 494 g/mol. The molecular formula is C20H27N7O6S. The number of nitrogens with two attached hydrogens (primary N) is 1. The predicted octanol–water partition coefficient (Wildman–Crippen LogP) is -0.703. The van der Waals surface area contributed by atoms with Crippen molar-refractivity contribution in [2.24, 2.45) is 0 Å². The van der Waals surface area contributed by atoms with Gasteiger partial charge in [-0.15, -0.1) is 0 Å². The number of nitrogens with zero attached hydrogens (tertiary/aromatic N) is 4. The number of carbonyl (C=O) groups excluding carboxylic acids is 2. The van der Waals surface area contributed by atoms with Gasteiger partial charge in [-0.05, 0) is 12.8 Å². The Morgan fingerprint density at radius 2 is 2.18 bits per heavy atom. The summed E-state index contributed by atoms with van der Waals surface area (Å²) in [5, 5.41) is 26.4. The van der Waals surface area contributed by atoms with Crippen molar-refractivity contribution in [3.05, 3.63) is 12.7 Å². The number of amides is 2. The van der Waals surface area contributed by atoms with Crippen molar-refractivity contribution in [1.29, 1.82) is 0 Å². The van der Waals surface area contributed by atoms with Gasteiger partial charge in [-0.25, -0.2) is 19.7 Å². The fourth-order valence-electron chi connectivity index (χ4n) is 4.74. The van der Waals surface area contributed by atoms with Crippen molar-refractivity contribution in [3.8, 4) is 0 Å². The van der Waals surface area contributed by atoms with Gasteiger partial charge in [0.05, 0.1) is 25.0 Å². The Balaban J connectivity index is 1.18. The molecule has 1 unspecified atom stereocenters. The maximum absolute atomic E-state index is 12.6. The number of esters is 1. The number of hydrogen-bond acceptors (Lipinski definition) is 11. The van der Waals surface area contributed by atoms with E-state index in [1.54, 1.807) is 0 Å². The smallest absolute Gasteiger partial charge is 0.315 e. The highest BCUT2D eigenvalue weighted by molar-refractivity contribution is 8.00. The van der Waals surface area contributed by atoms with Gasteiger partial charge in [-0.1, -0.05) is 6.42 Å². The van der Waals surface area contributed by atoms with Gasteiger partial charge in [0.1, 0.15) is 24.1 Å². The van der Waals surface area contributed by atoms with Gasteiger partial charge in [-0.2, -0.15) is 11.8 Å². The standard InChI is InChI=1S/C20H27N7O6S/c21-17-14-18(23-7-22-17)27(8-24-14)19-16(15(30)10(5-28)32-19)33-12(29)4-2-1-3-11-13-9(6-34-11)25-20(31)26-13/h7-11,13,15-16,19,28,30H,1-6H2,(H2,21,22,23)(H2,25,26,31)/t9-,10+,11-,13-,15?,16-,19+/m0/s1. The number of aliphatic hydroxyl groups excluding tert-OH is 2. The molecule has 0 radical (unpaired) electrons. The quantitative estimate of drug-likeness (QED) is 0.178. The Morgan fingerprint density at radius 1 is 1.32 bits per heavy atom. The van der Waals surface area contributed by atoms with Crippen LogP contribution in [0.1, 0.15) is 31.9 Å². The molecule has 7 atom stereocenters. The number of nitrogens with one attached hydrogen (secondary N) is 2. The number of imidazole rings is 1. The Kier molecular flexibility index (Phi) is 6.46. The summed E-state index contributed by atoms with van der Waals surface area (Å²) < 4.78 is 12.9. The molecule has 0 saturated carbocycles. The van der Waals surface area contributed by atoms with Crippen LogP contribution in [-0.4, -0.2) is 89.7 Å². The van der Waals surface area contributed by atoms with Crippen LogP contribution in [0.4, 0.5) is 10.6 Å². The van der Waals surface area contributed by atoms with Gasteiger partial charge < -0.3 is 36.1 Å². The number of rotatable bonds is 8. The van der Waals surface area contributed by atoms with E-state index in [2.05, 4.69) is 25.6 Å². The van der Waals surface area contributed by atoms with Crippen LogP contribution in [0.25, 0.3) is 11.2 Å². The SMILES string of the molecule is Nc1ncnc2c1ncn2[C@@H]1O[C@H](CO)C(O)[C@@H]1OC(=O)CCCC[C@@H]1SC[C@@H]2NC(=O)N[C@@H]21. The number of carbonyl (C=O) groups is 2. The van der Waals surface area contributed by atoms with E-state index < -0.39 is 37.1 Å². The lowest BCUT2D eigenvalue weighted by molar-refractivity contribution is -0.158. The molecule has 13 nitrogen and oxygen atoms in total. The zero-order valence-corrected chi connectivity index (χ0v) is 19.1. The number of thioether (sulfide) groups is 1. The number of ether oxygens (including phenoxy) is 2. The fraction of sp³-hybridized carbons (Fsp3) is 0.650. The topological polar surface area (TPSA) is 187 Å². The van der Waals surface area contributed by atoms with Gasteiger partial charge >= 0.3 is 12.0 Å². The molecule has 5 rings (SSSR count). The number of anilines is 1. The Bertz CT molecular complexity index is 1070. The van der Waals surface area contributed by atoms with Gasteiger partial charge in [0.15, 0.2) is 23.8 Å². The molecule has 3 fully saturated rings. The monoisotopic (exact) mass is 493 g/mol. The minimum Gasteiger partial charge on any atom is -0.455 e. The van der Waals surface area contributed by atoms with E-state index in [9.17, 15) is 19.8 Å². The first-order valence-corrected chi connectivity index (χ1v) is 12.3. The number of aliphatic hydroxyl groups is 2. The molecule has 2 amide bonds. The van der Waals surface area contributed by atoms with Gasteiger partial charge in [-0.3, -0.25) is 9.36 Å². The zero-order valence-electron chi connectivity index (χ0n) is 18.2. The molecule has 0 aromatic carbocycles. The van der Waals surface area contributed by atoms with E-state index in [1.807, 2.05) is 11.8 Å². The first-order chi connectivity index (χ1) is 16.5. The first-order valence-electron chi connectivity index (χ1n) is 11.2. The molecule has 0 bridgehead atoms. The molecule has 6 N–H and O–H groups in total. The minimum atomic E-state index is -1.22. The number of aromatic nitrogens is 4. The summed E-state index contributed by atoms with van der Waals surface area (Å²) in [6.07, 6.45) is 1.06. The van der Waals surface area contributed by atoms with Crippen LogP contribution in [0, 0.1) is 0 Å². The van der Waals surface area contributed by atoms with Crippen LogP contribution in [-0.2, 0) is 14.3 Å². The van der Waals surface area contributed by atoms with Crippen molar-refractivity contribution in [3.63, 3.8) is 0 Å². The molecular weight excluding hydrogens is 466 g/mol. The second-order valence-electron chi connectivity index (χ2n) is 8.64. The molecule has 34 heavy (non-hydrogen) atoms. The molecule has 2 aromatic heterocycles. The second-order valence-corrected chi connectivity index (χ2v) is 9.92. The van der Waals surface area contributed by atoms with Crippen LogP contribution < -0.4 is 16.4 Å². The fourth-order valence-corrected chi connectivity index (χ4v) is 6.29. The maximum Gasteiger partial charge on any atom is 0.315 e. The van der Waals surface area contributed by atoms with Crippen molar-refractivity contribution < 1.29 is 29.3 Å². The summed E-state index contributed by atoms with van der Waals surface area (Å²) in [4.78, 5) is 36.4. The van der Waals surface area contributed by atoms with Crippen molar-refractivity contribution >= 4 is 40.7 Å². The van der Waals surface area contributed by atoms with Crippen LogP contribution in [0.15, 0.2) is 12.7 Å². The van der Waals surface area contributed by atoms with E-state index in [1.165, 1.54) is 17.2 Å². The second kappa shape index (κ2) is 9.52. The molecule has 5 heterocycles. The van der Waals surface area contributed by atoms with Crippen LogP contribution in [0.2, 0.25) is 0 Å². The largest absolute Gasteiger partial charge is 0.455 e. The Hall–Kier alpha value is -2.68. The third-order valence-electron chi connectivity index (χ3n) is 6.48. The molecule has 2 aromatic rings. The number of unbranched alkanes of at least 4 members (excludes halogenated alkanes) is 1. The molecule has 14 heteroatoms. The lowest BCUT2D eigenvalue weighted by Gasteiger charge is -2.22. The highest BCUT2D eigenvalue weighted by Crippen LogP contribution is 2.35. The number of hydrogen-bond donors (Lipinski definition) is 5. The average Bonchev–Trinajstić information content (AvgIpc) is 3.56. The van der Waals surface area contributed by atoms with E-state index in [0.717, 1.165) is 18.6 Å². The van der Waals surface area contributed by atoms with Crippen molar-refractivity contribution in [2.75, 3.05) is 18.1 Å². The molecule has 0 aliphatic carbocycles. The summed E-state index contributed by atoms with van der Waals surface area (Å²) in [5.74, 6) is 0.611. The molecule has 3 aliphatic rings. The van der Waals surface area contributed by atoms with E-state index in [0.29, 0.717) is 22.8 Å². The lowest BCUT2D eigenvalue weighted by atomic mass is 10.0. The molecule has 184 valence electrons. The van der Waals surface area contributed by atoms with E-state index in [-0.39, 0.29) is 30.4 Å². The number of nitrogen functional groups attached to an aromatic ring is 1. The van der Waals surface area contributed by atoms with Crippen LogP contribution in [0.5, 0.6) is 0 Å². The minimum absolute atomic E-state index is 0.114. The van der Waals surface area contributed by atoms with Crippen molar-refractivity contribution in [2.45, 2.75) is 67.6 Å². The maximum atomic E-state index is 12.6. The summed E-state index contributed by atoms with van der Waals surface area (Å²) in [6.45, 7) is -0.442. The van der Waals surface area contributed by atoms with Crippen LogP contribution >= 0.6 is 11.8 Å². The van der Waals surface area contributed by atoms with Gasteiger partial charge in [0.25, 0.3) is 0 Å². The summed E-state index contributed by atoms with van der Waals surface area (Å²) in [7, 11) is 0. The van der Waals surface area contributed by atoms with Crippen molar-refractivity contribution in [1.82, 2.24) is 30.2 Å². The Morgan fingerprint density at radius 3 is 3.00 bits per heavy atom. The third-order valence-corrected chi connectivity index (χ3v) is 7.99. The van der Waals surface area contributed by atoms with Crippen LogP contribution in [0.3, 0.4) is 0 Å². The number of urea groups is 1. The predicted molar refractivity (Wildman–Crippen MR) is 121 cm³/mol. The Labute approximate surface area is 198 Å². The van der Waals surface area contributed by atoms with E-state index in [4.69, 9.17) is 15.2 Å².